The Kier molecular flexibility index (Phi) is 6.33. The molecule has 3 amide bonds. The van der Waals surface area contributed by atoms with E-state index in [2.05, 4.69) is 16.0 Å². The summed E-state index contributed by atoms with van der Waals surface area (Å²) in [5.74, 6) is 0.198. The molecule has 0 bridgehead atoms. The number of rotatable bonds is 5. The normalized spacial score (nSPS) is 8.73. The third-order valence-electron chi connectivity index (χ3n) is 1.06. The van der Waals surface area contributed by atoms with Gasteiger partial charge in [-0.25, -0.2) is 9.59 Å². The lowest BCUT2D eigenvalue weighted by atomic mass is 10.6. The monoisotopic (exact) mass is 214 g/mol. The van der Waals surface area contributed by atoms with Crippen LogP contribution in [-0.4, -0.2) is 42.8 Å². The molecule has 82 valence electrons. The molecule has 0 aliphatic rings. The second kappa shape index (κ2) is 7.34. The molecule has 15 heavy (non-hydrogen) atoms. The average Bonchev–Trinajstić information content (AvgIpc) is 2.14. The van der Waals surface area contributed by atoms with Crippen molar-refractivity contribution in [2.24, 2.45) is 0 Å². The van der Waals surface area contributed by atoms with E-state index in [1.807, 2.05) is 5.32 Å². The summed E-state index contributed by atoms with van der Waals surface area (Å²) in [6, 6.07) is -0.753. The molecule has 7 heteroatoms. The van der Waals surface area contributed by atoms with Crippen molar-refractivity contribution in [2.75, 3.05) is 19.8 Å². The second-order valence-electron chi connectivity index (χ2n) is 2.32. The van der Waals surface area contributed by atoms with Crippen LogP contribution in [0.1, 0.15) is 0 Å². The number of imide groups is 1. The molecule has 0 atom stereocenters. The molecule has 0 rings (SSSR count). The van der Waals surface area contributed by atoms with Crippen LogP contribution in [0, 0.1) is 12.3 Å². The highest BCUT2D eigenvalue weighted by atomic mass is 16.5. The third-order valence-corrected chi connectivity index (χ3v) is 1.06. The van der Waals surface area contributed by atoms with Crippen LogP contribution in [0.25, 0.3) is 0 Å². The highest BCUT2D eigenvalue weighted by Gasteiger charge is 2.07. The lowest BCUT2D eigenvalue weighted by molar-refractivity contribution is -0.143. The maximum absolute atomic E-state index is 10.9. The number of nitrogens with one attached hydrogen (secondary N) is 2. The highest BCUT2D eigenvalue weighted by molar-refractivity contribution is 5.95. The average molecular weight is 214 g/mol. The first kappa shape index (κ1) is 12.9. The zero-order valence-corrected chi connectivity index (χ0v) is 7.78. The SMILES string of the molecule is C#CCNC(=O)NC(=O)COCC(=O)O. The predicted octanol–water partition coefficient (Wildman–Crippen LogP) is -1.45. The van der Waals surface area contributed by atoms with Gasteiger partial charge in [-0.2, -0.15) is 0 Å². The summed E-state index contributed by atoms with van der Waals surface area (Å²) in [6.07, 6.45) is 4.85. The van der Waals surface area contributed by atoms with E-state index in [1.165, 1.54) is 0 Å². The number of carboxylic acid groups (broad SMARTS) is 1. The first-order valence-corrected chi connectivity index (χ1v) is 3.87. The first-order chi connectivity index (χ1) is 7.06. The van der Waals surface area contributed by atoms with Crippen molar-refractivity contribution in [1.82, 2.24) is 10.6 Å². The molecule has 0 aliphatic heterocycles. The van der Waals surface area contributed by atoms with Crippen LogP contribution >= 0.6 is 0 Å². The standard InChI is InChI=1S/C8H10N2O5/c1-2-3-9-8(14)10-6(11)4-15-5-7(12)13/h1H,3-5H2,(H,12,13)(H2,9,10,11,14). The van der Waals surface area contributed by atoms with Gasteiger partial charge in [-0.05, 0) is 0 Å². The van der Waals surface area contributed by atoms with E-state index in [1.54, 1.807) is 0 Å². The van der Waals surface area contributed by atoms with E-state index >= 15 is 0 Å². The molecule has 0 fully saturated rings. The first-order valence-electron chi connectivity index (χ1n) is 3.87. The molecular weight excluding hydrogens is 204 g/mol. The van der Waals surface area contributed by atoms with Gasteiger partial charge in [-0.15, -0.1) is 6.42 Å². The zero-order valence-electron chi connectivity index (χ0n) is 7.78. The van der Waals surface area contributed by atoms with Crippen molar-refractivity contribution >= 4 is 17.9 Å². The second-order valence-corrected chi connectivity index (χ2v) is 2.32. The van der Waals surface area contributed by atoms with Crippen molar-refractivity contribution in [3.05, 3.63) is 0 Å². The summed E-state index contributed by atoms with van der Waals surface area (Å²) >= 11 is 0. The van der Waals surface area contributed by atoms with Crippen molar-refractivity contribution in [2.45, 2.75) is 0 Å². The van der Waals surface area contributed by atoms with Crippen LogP contribution in [0.3, 0.4) is 0 Å². The largest absolute Gasteiger partial charge is 0.480 e. The molecule has 0 spiro atoms. The molecule has 0 aromatic carbocycles. The fourth-order valence-corrected chi connectivity index (χ4v) is 0.569. The van der Waals surface area contributed by atoms with Crippen molar-refractivity contribution in [1.29, 1.82) is 0 Å². The van der Waals surface area contributed by atoms with Gasteiger partial charge >= 0.3 is 12.0 Å². The Morgan fingerprint density at radius 1 is 1.33 bits per heavy atom. The molecule has 0 saturated carbocycles. The summed E-state index contributed by atoms with van der Waals surface area (Å²) in [6.45, 7) is -1.11. The predicted molar refractivity (Wildman–Crippen MR) is 48.8 cm³/mol. The molecule has 0 radical (unpaired) electrons. The molecule has 0 aromatic heterocycles. The zero-order chi connectivity index (χ0) is 11.7. The number of carbonyl (C=O) groups excluding carboxylic acids is 2. The van der Waals surface area contributed by atoms with Gasteiger partial charge in [-0.1, -0.05) is 5.92 Å². The van der Waals surface area contributed by atoms with Gasteiger partial charge < -0.3 is 15.2 Å². The van der Waals surface area contributed by atoms with Crippen LogP contribution in [-0.2, 0) is 14.3 Å². The molecule has 0 unspecified atom stereocenters. The minimum atomic E-state index is -1.19. The maximum Gasteiger partial charge on any atom is 0.329 e. The topological polar surface area (TPSA) is 105 Å². The van der Waals surface area contributed by atoms with E-state index in [9.17, 15) is 14.4 Å². The number of hydrogen-bond donors (Lipinski definition) is 3. The van der Waals surface area contributed by atoms with E-state index in [0.717, 1.165) is 0 Å². The Labute approximate surface area is 85.8 Å². The quantitative estimate of drug-likeness (QED) is 0.485. The minimum Gasteiger partial charge on any atom is -0.480 e. The Morgan fingerprint density at radius 3 is 2.53 bits per heavy atom. The Balaban J connectivity index is 3.61. The number of hydrogen-bond acceptors (Lipinski definition) is 4. The van der Waals surface area contributed by atoms with E-state index in [-0.39, 0.29) is 6.54 Å². The summed E-state index contributed by atoms with van der Waals surface area (Å²) in [4.78, 5) is 31.6. The van der Waals surface area contributed by atoms with Gasteiger partial charge in [0, 0.05) is 0 Å². The number of ether oxygens (including phenoxy) is 1. The maximum atomic E-state index is 10.9. The number of carboxylic acids is 1. The lowest BCUT2D eigenvalue weighted by Crippen LogP contribution is -2.41. The lowest BCUT2D eigenvalue weighted by Gasteiger charge is -2.03. The number of aliphatic carboxylic acids is 1. The Bertz CT molecular complexity index is 294. The van der Waals surface area contributed by atoms with Gasteiger partial charge in [-0.3, -0.25) is 10.1 Å². The summed E-state index contributed by atoms with van der Waals surface area (Å²) in [5, 5.41) is 12.2. The van der Waals surface area contributed by atoms with Crippen molar-refractivity contribution in [3.8, 4) is 12.3 Å². The van der Waals surface area contributed by atoms with Gasteiger partial charge in [0.05, 0.1) is 6.54 Å². The fourth-order valence-electron chi connectivity index (χ4n) is 0.569. The van der Waals surface area contributed by atoms with Crippen LogP contribution in [0.2, 0.25) is 0 Å². The fraction of sp³-hybridized carbons (Fsp3) is 0.375. The van der Waals surface area contributed by atoms with Crippen LogP contribution in [0.5, 0.6) is 0 Å². The smallest absolute Gasteiger partial charge is 0.329 e. The third kappa shape index (κ3) is 8.27. The van der Waals surface area contributed by atoms with E-state index < -0.39 is 31.1 Å². The summed E-state index contributed by atoms with van der Waals surface area (Å²) in [5.41, 5.74) is 0. The summed E-state index contributed by atoms with van der Waals surface area (Å²) in [7, 11) is 0. The molecule has 0 heterocycles. The number of amides is 3. The molecular formula is C8H10N2O5. The van der Waals surface area contributed by atoms with Crippen molar-refractivity contribution < 1.29 is 24.2 Å². The van der Waals surface area contributed by atoms with E-state index in [4.69, 9.17) is 11.5 Å². The number of terminal acetylenes is 1. The summed E-state index contributed by atoms with van der Waals surface area (Å²) < 4.78 is 4.43. The van der Waals surface area contributed by atoms with Gasteiger partial charge in [0.2, 0.25) is 0 Å². The van der Waals surface area contributed by atoms with Crippen LogP contribution in [0.15, 0.2) is 0 Å². The van der Waals surface area contributed by atoms with Gasteiger partial charge in [0.25, 0.3) is 5.91 Å². The van der Waals surface area contributed by atoms with Crippen molar-refractivity contribution in [3.63, 3.8) is 0 Å². The van der Waals surface area contributed by atoms with Crippen LogP contribution in [0.4, 0.5) is 4.79 Å². The molecule has 3 N–H and O–H groups in total. The van der Waals surface area contributed by atoms with E-state index in [0.29, 0.717) is 0 Å². The number of carbonyl (C=O) groups is 3. The Hall–Kier alpha value is -2.07. The molecule has 7 nitrogen and oxygen atoms in total. The minimum absolute atomic E-state index is 0.00486. The molecule has 0 aromatic rings. The Morgan fingerprint density at radius 2 is 2.00 bits per heavy atom. The molecule has 0 saturated heterocycles. The highest BCUT2D eigenvalue weighted by Crippen LogP contribution is 1.76. The van der Waals surface area contributed by atoms with Gasteiger partial charge in [0.1, 0.15) is 13.2 Å². The number of urea groups is 1. The molecule has 0 aliphatic carbocycles. The van der Waals surface area contributed by atoms with Crippen LogP contribution < -0.4 is 10.6 Å². The van der Waals surface area contributed by atoms with Gasteiger partial charge in [0.15, 0.2) is 0 Å².